The molecule has 2 heterocycles. The van der Waals surface area contributed by atoms with Crippen LogP contribution in [0.2, 0.25) is 5.02 Å². The molecular formula is C19H15ClN4O3S. The smallest absolute Gasteiger partial charge is 0.264 e. The van der Waals surface area contributed by atoms with Crippen LogP contribution in [0.25, 0.3) is 23.0 Å². The van der Waals surface area contributed by atoms with Crippen LogP contribution in [0.3, 0.4) is 0 Å². The maximum atomic E-state index is 12.5. The van der Waals surface area contributed by atoms with Crippen LogP contribution in [0.4, 0.5) is 0 Å². The van der Waals surface area contributed by atoms with E-state index in [0.29, 0.717) is 22.2 Å². The van der Waals surface area contributed by atoms with Crippen LogP contribution in [0.5, 0.6) is 0 Å². The fourth-order valence-corrected chi connectivity index (χ4v) is 3.78. The van der Waals surface area contributed by atoms with Crippen LogP contribution >= 0.6 is 11.6 Å². The lowest BCUT2D eigenvalue weighted by atomic mass is 10.2. The first kappa shape index (κ1) is 18.4. The van der Waals surface area contributed by atoms with Crippen LogP contribution < -0.4 is 4.72 Å². The van der Waals surface area contributed by atoms with Crippen molar-refractivity contribution < 1.29 is 12.8 Å². The van der Waals surface area contributed by atoms with E-state index in [1.807, 2.05) is 30.3 Å². The Labute approximate surface area is 166 Å². The zero-order chi connectivity index (χ0) is 19.6. The molecule has 2 aromatic heterocycles. The highest BCUT2D eigenvalue weighted by atomic mass is 35.5. The van der Waals surface area contributed by atoms with Gasteiger partial charge in [-0.3, -0.25) is 0 Å². The molecule has 2 aromatic carbocycles. The van der Waals surface area contributed by atoms with Gasteiger partial charge in [0.05, 0.1) is 0 Å². The van der Waals surface area contributed by atoms with E-state index in [9.17, 15) is 8.42 Å². The monoisotopic (exact) mass is 414 g/mol. The minimum Gasteiger partial charge on any atom is -0.415 e. The fraction of sp³-hybridized carbons (Fsp3) is 0.0526. The first-order valence-electron chi connectivity index (χ1n) is 8.34. The largest absolute Gasteiger partial charge is 0.415 e. The van der Waals surface area contributed by atoms with Crippen molar-refractivity contribution in [1.82, 2.24) is 19.9 Å². The molecule has 9 heteroatoms. The van der Waals surface area contributed by atoms with E-state index < -0.39 is 10.0 Å². The normalized spacial score (nSPS) is 11.6. The van der Waals surface area contributed by atoms with Crippen molar-refractivity contribution in [2.75, 3.05) is 0 Å². The van der Waals surface area contributed by atoms with Crippen molar-refractivity contribution >= 4 is 21.6 Å². The summed E-state index contributed by atoms with van der Waals surface area (Å²) in [5, 5.41) is 8.49. The summed E-state index contributed by atoms with van der Waals surface area (Å²) in [4.78, 5) is 2.92. The second-order valence-electron chi connectivity index (χ2n) is 5.94. The number of benzene rings is 2. The average molecular weight is 415 g/mol. The number of hydrogen-bond donors (Lipinski definition) is 2. The van der Waals surface area contributed by atoms with Gasteiger partial charge in [-0.25, -0.2) is 13.1 Å². The predicted molar refractivity (Wildman–Crippen MR) is 105 cm³/mol. The third-order valence-electron chi connectivity index (χ3n) is 4.05. The molecule has 0 bridgehead atoms. The Morgan fingerprint density at radius 2 is 1.71 bits per heavy atom. The Bertz CT molecular complexity index is 1200. The van der Waals surface area contributed by atoms with Crippen LogP contribution in [-0.4, -0.2) is 23.6 Å². The van der Waals surface area contributed by atoms with E-state index in [1.54, 1.807) is 24.3 Å². The highest BCUT2D eigenvalue weighted by Crippen LogP contribution is 2.25. The van der Waals surface area contributed by atoms with E-state index in [-0.39, 0.29) is 17.3 Å². The van der Waals surface area contributed by atoms with Crippen molar-refractivity contribution in [2.24, 2.45) is 0 Å². The van der Waals surface area contributed by atoms with E-state index in [2.05, 4.69) is 19.9 Å². The van der Waals surface area contributed by atoms with E-state index in [0.717, 1.165) is 5.56 Å². The summed E-state index contributed by atoms with van der Waals surface area (Å²) >= 11 is 6.07. The third-order valence-corrected chi connectivity index (χ3v) is 5.80. The highest BCUT2D eigenvalue weighted by molar-refractivity contribution is 7.89. The van der Waals surface area contributed by atoms with Gasteiger partial charge in [-0.15, -0.1) is 10.2 Å². The number of H-pyrrole nitrogens is 1. The van der Waals surface area contributed by atoms with Crippen molar-refractivity contribution in [3.63, 3.8) is 0 Å². The van der Waals surface area contributed by atoms with E-state index in [4.69, 9.17) is 16.0 Å². The quantitative estimate of drug-likeness (QED) is 0.498. The minimum absolute atomic E-state index is 0.0639. The maximum Gasteiger partial charge on any atom is 0.264 e. The van der Waals surface area contributed by atoms with Gasteiger partial charge >= 0.3 is 0 Å². The van der Waals surface area contributed by atoms with Gasteiger partial charge < -0.3 is 9.40 Å². The minimum atomic E-state index is -3.74. The maximum absolute atomic E-state index is 12.5. The molecule has 28 heavy (non-hydrogen) atoms. The SMILES string of the molecule is O=S(=O)(NCc1ccccc1Cl)c1c[nH]c(-c2nnc(-c3ccccc3)o2)c1. The molecular weight excluding hydrogens is 400 g/mol. The van der Waals surface area contributed by atoms with Crippen molar-refractivity contribution in [1.29, 1.82) is 0 Å². The van der Waals surface area contributed by atoms with Crippen molar-refractivity contribution in [3.05, 3.63) is 77.4 Å². The summed E-state index contributed by atoms with van der Waals surface area (Å²) in [7, 11) is -3.74. The van der Waals surface area contributed by atoms with Gasteiger partial charge in [-0.05, 0) is 29.8 Å². The first-order chi connectivity index (χ1) is 13.5. The van der Waals surface area contributed by atoms with Crippen LogP contribution in [0, 0.1) is 0 Å². The van der Waals surface area contributed by atoms with Crippen LogP contribution in [0.15, 0.2) is 76.2 Å². The molecule has 0 aliphatic heterocycles. The molecule has 0 radical (unpaired) electrons. The third kappa shape index (κ3) is 3.84. The zero-order valence-electron chi connectivity index (χ0n) is 14.5. The Kier molecular flexibility index (Phi) is 4.99. The number of aromatic amines is 1. The zero-order valence-corrected chi connectivity index (χ0v) is 16.0. The summed E-state index contributed by atoms with van der Waals surface area (Å²) in [6.45, 7) is 0.0846. The van der Waals surface area contributed by atoms with E-state index in [1.165, 1.54) is 12.3 Å². The van der Waals surface area contributed by atoms with Crippen LogP contribution in [-0.2, 0) is 16.6 Å². The van der Waals surface area contributed by atoms with Gasteiger partial charge in [-0.2, -0.15) is 0 Å². The molecule has 0 aliphatic rings. The number of hydrogen-bond acceptors (Lipinski definition) is 5. The molecule has 0 amide bonds. The predicted octanol–water partition coefficient (Wildman–Crippen LogP) is 3.86. The lowest BCUT2D eigenvalue weighted by Gasteiger charge is -2.06. The topological polar surface area (TPSA) is 101 Å². The van der Waals surface area contributed by atoms with Gasteiger partial charge in [0.25, 0.3) is 5.89 Å². The molecule has 0 saturated heterocycles. The molecule has 0 atom stereocenters. The summed E-state index contributed by atoms with van der Waals surface area (Å²) in [5.41, 5.74) is 1.88. The molecule has 4 rings (SSSR count). The van der Waals surface area contributed by atoms with Crippen molar-refractivity contribution in [2.45, 2.75) is 11.4 Å². The Morgan fingerprint density at radius 3 is 2.50 bits per heavy atom. The summed E-state index contributed by atoms with van der Waals surface area (Å²) in [5.74, 6) is 0.554. The van der Waals surface area contributed by atoms with Crippen LogP contribution in [0.1, 0.15) is 5.56 Å². The summed E-state index contributed by atoms with van der Waals surface area (Å²) in [6, 6.07) is 17.8. The average Bonchev–Trinajstić information content (AvgIpc) is 3.38. The Hall–Kier alpha value is -2.94. The Balaban J connectivity index is 1.52. The number of aromatic nitrogens is 3. The molecule has 7 nitrogen and oxygen atoms in total. The number of rotatable bonds is 6. The van der Waals surface area contributed by atoms with Crippen molar-refractivity contribution in [3.8, 4) is 23.0 Å². The standard InChI is InChI=1S/C19H15ClN4O3S/c20-16-9-5-4-8-14(16)11-22-28(25,26)15-10-17(21-12-15)19-24-23-18(27-19)13-6-2-1-3-7-13/h1-10,12,21-22H,11H2. The van der Waals surface area contributed by atoms with Gasteiger partial charge in [0.2, 0.25) is 15.9 Å². The molecule has 142 valence electrons. The molecule has 2 N–H and O–H groups in total. The molecule has 0 spiro atoms. The van der Waals surface area contributed by atoms with Gasteiger partial charge in [0.15, 0.2) is 0 Å². The van der Waals surface area contributed by atoms with Gasteiger partial charge in [-0.1, -0.05) is 48.0 Å². The second-order valence-corrected chi connectivity index (χ2v) is 8.12. The molecule has 0 saturated carbocycles. The summed E-state index contributed by atoms with van der Waals surface area (Å²) in [6.07, 6.45) is 1.37. The lowest BCUT2D eigenvalue weighted by molar-refractivity contribution is 0.581. The number of nitrogens with zero attached hydrogens (tertiary/aromatic N) is 2. The number of halogens is 1. The number of sulfonamides is 1. The summed E-state index contributed by atoms with van der Waals surface area (Å²) < 4.78 is 33.3. The number of nitrogens with one attached hydrogen (secondary N) is 2. The molecule has 4 aromatic rings. The van der Waals surface area contributed by atoms with Gasteiger partial charge in [0.1, 0.15) is 10.6 Å². The fourth-order valence-electron chi connectivity index (χ4n) is 2.58. The molecule has 0 fully saturated rings. The highest BCUT2D eigenvalue weighted by Gasteiger charge is 2.19. The van der Waals surface area contributed by atoms with Gasteiger partial charge in [0, 0.05) is 23.3 Å². The first-order valence-corrected chi connectivity index (χ1v) is 10.2. The second kappa shape index (κ2) is 7.59. The lowest BCUT2D eigenvalue weighted by Crippen LogP contribution is -2.22. The van der Waals surface area contributed by atoms with E-state index >= 15 is 0 Å². The molecule has 0 unspecified atom stereocenters. The Morgan fingerprint density at radius 1 is 1.00 bits per heavy atom. The molecule has 0 aliphatic carbocycles.